The summed E-state index contributed by atoms with van der Waals surface area (Å²) in [5.74, 6) is -4.38. The maximum absolute atomic E-state index is 14.9. The first-order valence-corrected chi connectivity index (χ1v) is 9.43. The minimum atomic E-state index is -1.62. The van der Waals surface area contributed by atoms with Gasteiger partial charge in [-0.15, -0.1) is 0 Å². The number of benzene rings is 1. The van der Waals surface area contributed by atoms with E-state index in [2.05, 4.69) is 9.98 Å². The molecule has 0 atom stereocenters. The number of aliphatic imine (C=N–C) groups is 1. The summed E-state index contributed by atoms with van der Waals surface area (Å²) in [6.07, 6.45) is 6.97. The fourth-order valence-corrected chi connectivity index (χ4v) is 4.42. The van der Waals surface area contributed by atoms with Crippen molar-refractivity contribution >= 4 is 28.6 Å². The molecule has 7 heteroatoms. The molecule has 2 aliphatic carbocycles. The number of allylic oxidation sites excluding steroid dienone is 7. The fourth-order valence-electron chi connectivity index (χ4n) is 4.42. The van der Waals surface area contributed by atoms with Gasteiger partial charge in [0.2, 0.25) is 0 Å². The van der Waals surface area contributed by atoms with Crippen molar-refractivity contribution in [1.82, 2.24) is 4.98 Å². The molecule has 2 aromatic rings. The van der Waals surface area contributed by atoms with Crippen LogP contribution in [0.2, 0.25) is 0 Å². The lowest BCUT2D eigenvalue weighted by molar-refractivity contribution is 0.445. The zero-order valence-corrected chi connectivity index (χ0v) is 15.9. The van der Waals surface area contributed by atoms with Crippen LogP contribution >= 0.6 is 0 Å². The number of aromatic nitrogens is 1. The van der Waals surface area contributed by atoms with Gasteiger partial charge in [-0.3, -0.25) is 9.98 Å². The first-order valence-electron chi connectivity index (χ1n) is 9.43. The van der Waals surface area contributed by atoms with Gasteiger partial charge in [-0.25, -0.2) is 13.2 Å². The van der Waals surface area contributed by atoms with Crippen LogP contribution < -0.4 is 0 Å². The molecule has 0 saturated carbocycles. The van der Waals surface area contributed by atoms with E-state index < -0.39 is 17.5 Å². The van der Waals surface area contributed by atoms with E-state index in [1.54, 1.807) is 18.5 Å². The molecule has 0 fully saturated rings. The second-order valence-electron chi connectivity index (χ2n) is 7.11. The molecule has 0 bridgehead atoms. The Balaban J connectivity index is 1.96. The molecule has 0 radical (unpaired) electrons. The van der Waals surface area contributed by atoms with Crippen molar-refractivity contribution in [3.63, 3.8) is 0 Å². The Morgan fingerprint density at radius 1 is 0.968 bits per heavy atom. The van der Waals surface area contributed by atoms with Crippen molar-refractivity contribution in [3.8, 4) is 12.1 Å². The Kier molecular flexibility index (Phi) is 4.20. The number of fused-ring (bicyclic) bond motifs is 3. The minimum Gasteiger partial charge on any atom is -0.259 e. The van der Waals surface area contributed by atoms with Crippen LogP contribution in [0.25, 0.3) is 22.4 Å². The lowest BCUT2D eigenvalue weighted by atomic mass is 9.88. The van der Waals surface area contributed by atoms with E-state index in [-0.39, 0.29) is 22.3 Å². The van der Waals surface area contributed by atoms with Gasteiger partial charge in [0.25, 0.3) is 0 Å². The number of nitrogens with zero attached hydrogens (tertiary/aromatic N) is 4. The molecule has 0 amide bonds. The number of nitriles is 2. The summed E-state index contributed by atoms with van der Waals surface area (Å²) < 4.78 is 43.1. The van der Waals surface area contributed by atoms with E-state index in [4.69, 9.17) is 0 Å². The number of hydrogen-bond donors (Lipinski definition) is 0. The SMILES string of the molecule is N#CC=C1C(=C2/C3=C(N=CCC3)c3ncccc32)/C(=C/C#N)c2cc(F)c(F)c(F)c21. The lowest BCUT2D eigenvalue weighted by Gasteiger charge is -2.14. The third kappa shape index (κ3) is 2.54. The van der Waals surface area contributed by atoms with E-state index in [0.29, 0.717) is 40.9 Å². The van der Waals surface area contributed by atoms with Gasteiger partial charge in [0.15, 0.2) is 17.5 Å². The summed E-state index contributed by atoms with van der Waals surface area (Å²) >= 11 is 0. The van der Waals surface area contributed by atoms with E-state index in [1.807, 2.05) is 18.2 Å². The molecule has 0 N–H and O–H groups in total. The fraction of sp³-hybridized carbons (Fsp3) is 0.0833. The number of halogens is 3. The first-order chi connectivity index (χ1) is 15.1. The van der Waals surface area contributed by atoms with Gasteiger partial charge < -0.3 is 0 Å². The quantitative estimate of drug-likeness (QED) is 0.431. The van der Waals surface area contributed by atoms with Gasteiger partial charge in [-0.2, -0.15) is 10.5 Å². The van der Waals surface area contributed by atoms with E-state index in [1.165, 1.54) is 0 Å². The largest absolute Gasteiger partial charge is 0.259 e. The van der Waals surface area contributed by atoms with Crippen molar-refractivity contribution < 1.29 is 13.2 Å². The Bertz CT molecular complexity index is 1430. The second kappa shape index (κ2) is 6.93. The van der Waals surface area contributed by atoms with E-state index in [9.17, 15) is 23.7 Å². The van der Waals surface area contributed by atoms with Gasteiger partial charge in [-0.1, -0.05) is 6.07 Å². The summed E-state index contributed by atoms with van der Waals surface area (Å²) in [6.45, 7) is 0. The summed E-state index contributed by atoms with van der Waals surface area (Å²) in [5.41, 5.74) is 4.00. The van der Waals surface area contributed by atoms with Crippen LogP contribution in [0.1, 0.15) is 35.2 Å². The molecular weight excluding hydrogens is 401 g/mol. The van der Waals surface area contributed by atoms with E-state index >= 15 is 0 Å². The van der Waals surface area contributed by atoms with Crippen molar-refractivity contribution in [3.05, 3.63) is 87.5 Å². The highest BCUT2D eigenvalue weighted by atomic mass is 19.2. The number of rotatable bonds is 0. The average Bonchev–Trinajstić information content (AvgIpc) is 3.25. The van der Waals surface area contributed by atoms with Crippen LogP contribution in [0.3, 0.4) is 0 Å². The molecule has 5 rings (SSSR count). The predicted octanol–water partition coefficient (Wildman–Crippen LogP) is 5.37. The van der Waals surface area contributed by atoms with Crippen LogP contribution in [-0.4, -0.2) is 11.2 Å². The highest BCUT2D eigenvalue weighted by molar-refractivity contribution is 6.19. The Morgan fingerprint density at radius 3 is 2.52 bits per heavy atom. The van der Waals surface area contributed by atoms with Crippen LogP contribution in [0, 0.1) is 40.1 Å². The van der Waals surface area contributed by atoms with Gasteiger partial charge in [0, 0.05) is 46.8 Å². The van der Waals surface area contributed by atoms with Crippen molar-refractivity contribution in [2.75, 3.05) is 0 Å². The molecule has 4 nitrogen and oxygen atoms in total. The molecule has 1 aliphatic heterocycles. The molecule has 0 unspecified atom stereocenters. The Labute approximate surface area is 175 Å². The normalized spacial score (nSPS) is 21.2. The van der Waals surface area contributed by atoms with E-state index in [0.717, 1.165) is 23.8 Å². The van der Waals surface area contributed by atoms with Crippen LogP contribution in [0.5, 0.6) is 0 Å². The van der Waals surface area contributed by atoms with Crippen LogP contribution in [0.15, 0.2) is 52.7 Å². The Morgan fingerprint density at radius 2 is 1.74 bits per heavy atom. The van der Waals surface area contributed by atoms with Crippen molar-refractivity contribution in [2.45, 2.75) is 12.8 Å². The molecule has 31 heavy (non-hydrogen) atoms. The van der Waals surface area contributed by atoms with Gasteiger partial charge in [0.05, 0.1) is 23.5 Å². The molecule has 1 aromatic heterocycles. The Hall–Kier alpha value is -4.23. The average molecular weight is 412 g/mol. The third-order valence-electron chi connectivity index (χ3n) is 5.56. The van der Waals surface area contributed by atoms with Gasteiger partial charge in [-0.05, 0) is 47.3 Å². The summed E-state index contributed by atoms with van der Waals surface area (Å²) in [5, 5.41) is 18.8. The highest BCUT2D eigenvalue weighted by Crippen LogP contribution is 2.55. The van der Waals surface area contributed by atoms with Crippen molar-refractivity contribution in [2.24, 2.45) is 4.99 Å². The van der Waals surface area contributed by atoms with Gasteiger partial charge >= 0.3 is 0 Å². The first kappa shape index (κ1) is 18.8. The second-order valence-corrected chi connectivity index (χ2v) is 7.11. The maximum Gasteiger partial charge on any atom is 0.195 e. The molecule has 2 heterocycles. The third-order valence-corrected chi connectivity index (χ3v) is 5.56. The van der Waals surface area contributed by atoms with Crippen molar-refractivity contribution in [1.29, 1.82) is 10.5 Å². The monoisotopic (exact) mass is 412 g/mol. The minimum absolute atomic E-state index is 0.0285. The standard InChI is InChI=1S/C24H11F3N4/c25-17-11-16-12(5-7-28)18(13(6-8-29)20(16)22(27)21(17)26)19-14-3-1-9-30-23(14)24-15(19)4-2-10-31-24/h1,3,5-6,9-11H,2,4H2/b12-5+,13-6?,19-18+. The zero-order chi connectivity index (χ0) is 21.7. The van der Waals surface area contributed by atoms with Gasteiger partial charge in [0.1, 0.15) is 0 Å². The molecule has 0 spiro atoms. The topological polar surface area (TPSA) is 72.8 Å². The van der Waals surface area contributed by atoms with Crippen LogP contribution in [-0.2, 0) is 0 Å². The number of hydrogen-bond acceptors (Lipinski definition) is 4. The summed E-state index contributed by atoms with van der Waals surface area (Å²) in [4.78, 5) is 8.92. The summed E-state index contributed by atoms with van der Waals surface area (Å²) in [6, 6.07) is 8.21. The molecule has 148 valence electrons. The maximum atomic E-state index is 14.9. The number of pyridine rings is 1. The smallest absolute Gasteiger partial charge is 0.195 e. The molecule has 0 saturated heterocycles. The molecule has 3 aliphatic rings. The van der Waals surface area contributed by atoms with Crippen LogP contribution in [0.4, 0.5) is 13.2 Å². The highest BCUT2D eigenvalue weighted by Gasteiger charge is 2.39. The molecule has 1 aromatic carbocycles. The molecular formula is C24H11F3N4. The summed E-state index contributed by atoms with van der Waals surface area (Å²) in [7, 11) is 0. The lowest BCUT2D eigenvalue weighted by Crippen LogP contribution is -1.98. The predicted molar refractivity (Wildman–Crippen MR) is 109 cm³/mol. The zero-order valence-electron chi connectivity index (χ0n) is 15.9.